The summed E-state index contributed by atoms with van der Waals surface area (Å²) in [5, 5.41) is 9.52. The number of esters is 1. The van der Waals surface area contributed by atoms with Gasteiger partial charge in [-0.1, -0.05) is 50.6 Å². The second-order valence-electron chi connectivity index (χ2n) is 8.08. The van der Waals surface area contributed by atoms with Crippen molar-refractivity contribution >= 4 is 20.1 Å². The minimum absolute atomic E-state index is 0.137. The SMILES string of the molecule is C\C=C(/C=C(C)/C=C/CC/C=C(\C)C(=O)/C(C#N)=C/[C@@H](C)O[Si](CC)(CC)CC)C(=O)OC. The fourth-order valence-electron chi connectivity index (χ4n) is 3.47. The standard InChI is InChI=1S/C27H41NO4Si/c1-9-24(27(30)31-8)18-21(5)16-14-13-15-17-22(6)26(29)25(20-28)19-23(7)32-33(10-2,11-3)12-4/h9,14,16-19,23H,10-13,15H2,1-8H3/b16-14+,21-18+,22-17+,24-9+,25-19+/t23-/m1/s1. The van der Waals surface area contributed by atoms with Gasteiger partial charge in [0.15, 0.2) is 14.1 Å². The molecule has 0 amide bonds. The number of allylic oxidation sites excluding steroid dienone is 7. The summed E-state index contributed by atoms with van der Waals surface area (Å²) in [5.74, 6) is -0.615. The zero-order chi connectivity index (χ0) is 25.4. The van der Waals surface area contributed by atoms with Crippen LogP contribution in [0.3, 0.4) is 0 Å². The first-order chi connectivity index (χ1) is 15.6. The molecule has 0 saturated carbocycles. The molecule has 0 fully saturated rings. The number of ether oxygens (including phenoxy) is 1. The average molecular weight is 472 g/mol. The summed E-state index contributed by atoms with van der Waals surface area (Å²) in [4.78, 5) is 24.3. The van der Waals surface area contributed by atoms with Crippen LogP contribution in [0.5, 0.6) is 0 Å². The molecule has 0 saturated heterocycles. The average Bonchev–Trinajstić information content (AvgIpc) is 2.83. The van der Waals surface area contributed by atoms with Crippen molar-refractivity contribution in [3.8, 4) is 6.07 Å². The highest BCUT2D eigenvalue weighted by Crippen LogP contribution is 2.24. The minimum Gasteiger partial charge on any atom is -0.465 e. The van der Waals surface area contributed by atoms with Gasteiger partial charge in [-0.15, -0.1) is 0 Å². The molecule has 182 valence electrons. The number of unbranched alkanes of at least 4 members (excludes halogenated alkanes) is 1. The summed E-state index contributed by atoms with van der Waals surface area (Å²) in [7, 11) is -0.445. The normalized spacial score (nSPS) is 14.9. The number of ketones is 1. The fraction of sp³-hybridized carbons (Fsp3) is 0.519. The molecule has 0 aromatic carbocycles. The van der Waals surface area contributed by atoms with Crippen molar-refractivity contribution in [3.63, 3.8) is 0 Å². The number of carbonyl (C=O) groups is 2. The summed E-state index contributed by atoms with van der Waals surface area (Å²) >= 11 is 0. The maximum atomic E-state index is 12.7. The van der Waals surface area contributed by atoms with Crippen LogP contribution < -0.4 is 0 Å². The molecule has 0 rings (SSSR count). The third-order valence-electron chi connectivity index (χ3n) is 5.77. The van der Waals surface area contributed by atoms with E-state index in [1.807, 2.05) is 38.1 Å². The van der Waals surface area contributed by atoms with Gasteiger partial charge in [0.25, 0.3) is 0 Å². The number of methoxy groups -OCH3 is 1. The first kappa shape index (κ1) is 30.5. The van der Waals surface area contributed by atoms with Gasteiger partial charge in [0.05, 0.1) is 24.4 Å². The molecule has 0 spiro atoms. The number of carbonyl (C=O) groups excluding carboxylic acids is 2. The Hall–Kier alpha value is -2.49. The van der Waals surface area contributed by atoms with Gasteiger partial charge in [0, 0.05) is 0 Å². The lowest BCUT2D eigenvalue weighted by Crippen LogP contribution is -2.38. The number of hydrogen-bond donors (Lipinski definition) is 0. The first-order valence-corrected chi connectivity index (χ1v) is 14.3. The predicted octanol–water partition coefficient (Wildman–Crippen LogP) is 6.76. The van der Waals surface area contributed by atoms with Gasteiger partial charge in [-0.2, -0.15) is 5.26 Å². The van der Waals surface area contributed by atoms with Crippen LogP contribution in [0.4, 0.5) is 0 Å². The molecule has 0 unspecified atom stereocenters. The van der Waals surface area contributed by atoms with Gasteiger partial charge >= 0.3 is 5.97 Å². The van der Waals surface area contributed by atoms with Crippen molar-refractivity contribution in [2.24, 2.45) is 0 Å². The Bertz CT molecular complexity index is 844. The Morgan fingerprint density at radius 2 is 1.70 bits per heavy atom. The molecule has 0 aliphatic heterocycles. The highest BCUT2D eigenvalue weighted by atomic mass is 28.4. The molecule has 5 nitrogen and oxygen atoms in total. The zero-order valence-corrected chi connectivity index (χ0v) is 22.7. The maximum Gasteiger partial charge on any atom is 0.337 e. The van der Waals surface area contributed by atoms with Crippen molar-refractivity contribution in [1.29, 1.82) is 5.26 Å². The van der Waals surface area contributed by atoms with Crippen molar-refractivity contribution in [1.82, 2.24) is 0 Å². The Morgan fingerprint density at radius 1 is 1.09 bits per heavy atom. The Labute approximate surface area is 201 Å². The van der Waals surface area contributed by atoms with E-state index >= 15 is 0 Å². The van der Waals surface area contributed by atoms with Crippen LogP contribution in [0.25, 0.3) is 0 Å². The molecule has 0 N–H and O–H groups in total. The van der Waals surface area contributed by atoms with E-state index in [1.165, 1.54) is 7.11 Å². The van der Waals surface area contributed by atoms with Gasteiger partial charge in [-0.25, -0.2) is 4.79 Å². The molecule has 0 aromatic heterocycles. The van der Waals surface area contributed by atoms with Crippen molar-refractivity contribution < 1.29 is 18.8 Å². The molecule has 0 aliphatic carbocycles. The zero-order valence-electron chi connectivity index (χ0n) is 21.7. The van der Waals surface area contributed by atoms with E-state index in [0.29, 0.717) is 17.6 Å². The lowest BCUT2D eigenvalue weighted by Gasteiger charge is -2.30. The molecular weight excluding hydrogens is 430 g/mol. The largest absolute Gasteiger partial charge is 0.465 e. The molecule has 0 bridgehead atoms. The Balaban J connectivity index is 5.07. The van der Waals surface area contributed by atoms with Crippen LogP contribution in [-0.4, -0.2) is 33.3 Å². The van der Waals surface area contributed by atoms with Gasteiger partial charge in [0.1, 0.15) is 6.07 Å². The maximum absolute atomic E-state index is 12.7. The predicted molar refractivity (Wildman–Crippen MR) is 138 cm³/mol. The second kappa shape index (κ2) is 16.2. The molecular formula is C27H41NO4Si. The van der Waals surface area contributed by atoms with E-state index in [9.17, 15) is 14.9 Å². The topological polar surface area (TPSA) is 76.4 Å². The summed E-state index contributed by atoms with van der Waals surface area (Å²) in [6.45, 7) is 13.8. The second-order valence-corrected chi connectivity index (χ2v) is 12.8. The van der Waals surface area contributed by atoms with Crippen LogP contribution >= 0.6 is 0 Å². The van der Waals surface area contributed by atoms with Gasteiger partial charge in [-0.3, -0.25) is 4.79 Å². The van der Waals surface area contributed by atoms with E-state index in [0.717, 1.165) is 30.1 Å². The van der Waals surface area contributed by atoms with Crippen LogP contribution in [0, 0.1) is 11.3 Å². The van der Waals surface area contributed by atoms with Crippen LogP contribution in [0.15, 0.2) is 58.7 Å². The highest BCUT2D eigenvalue weighted by Gasteiger charge is 2.30. The lowest BCUT2D eigenvalue weighted by atomic mass is 10.0. The molecule has 6 heteroatoms. The van der Waals surface area contributed by atoms with E-state index in [1.54, 1.807) is 32.1 Å². The summed E-state index contributed by atoms with van der Waals surface area (Å²) in [6.07, 6.45) is 12.1. The lowest BCUT2D eigenvalue weighted by molar-refractivity contribution is -0.135. The molecule has 0 heterocycles. The molecule has 0 radical (unpaired) electrons. The number of nitrogens with zero attached hydrogens (tertiary/aromatic N) is 1. The third kappa shape index (κ3) is 10.8. The quantitative estimate of drug-likeness (QED) is 0.0698. The van der Waals surface area contributed by atoms with Crippen molar-refractivity contribution in [3.05, 3.63) is 58.7 Å². The Morgan fingerprint density at radius 3 is 2.18 bits per heavy atom. The number of Topliss-reactive ketones (excluding diaryl/α,β-unsaturated/α-hetero) is 1. The number of hydrogen-bond acceptors (Lipinski definition) is 5. The van der Waals surface area contributed by atoms with Crippen molar-refractivity contribution in [2.45, 2.75) is 85.5 Å². The monoisotopic (exact) mass is 471 g/mol. The number of nitriles is 1. The highest BCUT2D eigenvalue weighted by molar-refractivity contribution is 6.73. The van der Waals surface area contributed by atoms with E-state index < -0.39 is 8.32 Å². The minimum atomic E-state index is -1.80. The number of rotatable bonds is 14. The van der Waals surface area contributed by atoms with E-state index in [2.05, 4.69) is 20.8 Å². The fourth-order valence-corrected chi connectivity index (χ4v) is 6.33. The van der Waals surface area contributed by atoms with Crippen LogP contribution in [-0.2, 0) is 18.8 Å². The first-order valence-electron chi connectivity index (χ1n) is 11.7. The summed E-state index contributed by atoms with van der Waals surface area (Å²) < 4.78 is 11.1. The summed E-state index contributed by atoms with van der Waals surface area (Å²) in [5.41, 5.74) is 2.13. The van der Waals surface area contributed by atoms with Crippen LogP contribution in [0.1, 0.15) is 61.3 Å². The van der Waals surface area contributed by atoms with Gasteiger partial charge in [0.2, 0.25) is 0 Å². The third-order valence-corrected chi connectivity index (χ3v) is 10.5. The summed E-state index contributed by atoms with van der Waals surface area (Å²) in [6, 6.07) is 5.11. The van der Waals surface area contributed by atoms with Gasteiger partial charge < -0.3 is 9.16 Å². The van der Waals surface area contributed by atoms with E-state index in [4.69, 9.17) is 9.16 Å². The molecule has 0 aromatic rings. The van der Waals surface area contributed by atoms with Crippen molar-refractivity contribution in [2.75, 3.05) is 7.11 Å². The van der Waals surface area contributed by atoms with Crippen LogP contribution in [0.2, 0.25) is 18.1 Å². The van der Waals surface area contributed by atoms with E-state index in [-0.39, 0.29) is 23.4 Å². The Kier molecular flexibility index (Phi) is 14.9. The smallest absolute Gasteiger partial charge is 0.337 e. The molecule has 1 atom stereocenters. The molecule has 0 aliphatic rings. The van der Waals surface area contributed by atoms with Gasteiger partial charge in [-0.05, 0) is 76.4 Å². The molecule has 33 heavy (non-hydrogen) atoms.